The van der Waals surface area contributed by atoms with Crippen molar-refractivity contribution in [3.63, 3.8) is 0 Å². The largest absolute Gasteiger partial charge is 0.467 e. The van der Waals surface area contributed by atoms with E-state index in [0.29, 0.717) is 35.2 Å². The summed E-state index contributed by atoms with van der Waals surface area (Å²) in [5, 5.41) is 2.98. The summed E-state index contributed by atoms with van der Waals surface area (Å²) in [6, 6.07) is 5.25. The number of esters is 1. The van der Waals surface area contributed by atoms with Crippen LogP contribution in [0.15, 0.2) is 52.2 Å². The number of pyridine rings is 1. The smallest absolute Gasteiger partial charge is 0.411 e. The molecule has 0 unspecified atom stereocenters. The fourth-order valence-electron chi connectivity index (χ4n) is 6.53. The highest BCUT2D eigenvalue weighted by Gasteiger charge is 2.45. The van der Waals surface area contributed by atoms with Gasteiger partial charge in [-0.3, -0.25) is 19.1 Å². The second-order valence-corrected chi connectivity index (χ2v) is 12.1. The molecule has 0 spiro atoms. The van der Waals surface area contributed by atoms with Crippen LogP contribution in [0.2, 0.25) is 0 Å². The molecule has 1 N–H and O–H groups in total. The number of aryl methyl sites for hydroxylation is 1. The number of carbonyl (C=O) groups excluding carboxylic acids is 2. The number of carbonyl (C=O) groups is 2. The van der Waals surface area contributed by atoms with Crippen LogP contribution in [0, 0.1) is 12.7 Å². The lowest BCUT2D eigenvalue weighted by Gasteiger charge is -2.38. The van der Waals surface area contributed by atoms with E-state index < -0.39 is 59.4 Å². The lowest BCUT2D eigenvalue weighted by Crippen LogP contribution is -2.53. The Balaban J connectivity index is 1.32. The molecular formula is C34H33F4N5O7. The van der Waals surface area contributed by atoms with Crippen molar-refractivity contribution in [2.75, 3.05) is 38.4 Å². The Morgan fingerprint density at radius 1 is 1.14 bits per heavy atom. The zero-order valence-electron chi connectivity index (χ0n) is 27.3. The molecule has 6 rings (SSSR count). The number of rotatable bonds is 7. The van der Waals surface area contributed by atoms with Crippen LogP contribution in [0.3, 0.4) is 0 Å². The molecule has 4 heterocycles. The number of nitrogens with one attached hydrogen (secondary N) is 1. The second kappa shape index (κ2) is 13.7. The lowest BCUT2D eigenvalue weighted by atomic mass is 9.99. The van der Waals surface area contributed by atoms with E-state index in [1.54, 1.807) is 25.2 Å². The van der Waals surface area contributed by atoms with Crippen molar-refractivity contribution < 1.29 is 41.4 Å². The number of fused-ring (bicyclic) bond motifs is 2. The molecule has 0 aliphatic carbocycles. The standard InChI is InChI=1S/C34H33F4N5O7/c1-18-13-20(42-10-12-50-17-27(42)34(36,37)38)15-23(35)28(18)30(44)40-24(32(46)48-3)14-19-6-7-25(29-21(19)5-4-9-39-29)43-31(45)22-8-11-49-16-26(22)41(2)33(43)47/h4-7,9,13,15,24,27H,8,10-12,14,16-17H2,1-3H3,(H,40,44)/t24-,27+/m0/s1. The maximum atomic E-state index is 15.5. The van der Waals surface area contributed by atoms with Gasteiger partial charge in [-0.2, -0.15) is 13.2 Å². The first-order valence-electron chi connectivity index (χ1n) is 15.7. The summed E-state index contributed by atoms with van der Waals surface area (Å²) in [5.41, 5.74) is 0.403. The van der Waals surface area contributed by atoms with Gasteiger partial charge in [0.25, 0.3) is 11.5 Å². The third-order valence-electron chi connectivity index (χ3n) is 9.06. The molecule has 2 aliphatic rings. The predicted octanol–water partition coefficient (Wildman–Crippen LogP) is 2.89. The molecule has 16 heteroatoms. The number of anilines is 1. The van der Waals surface area contributed by atoms with Crippen molar-refractivity contribution in [1.82, 2.24) is 19.4 Å². The van der Waals surface area contributed by atoms with E-state index in [1.165, 1.54) is 29.8 Å². The van der Waals surface area contributed by atoms with Crippen LogP contribution in [0.4, 0.5) is 23.2 Å². The molecule has 264 valence electrons. The quantitative estimate of drug-likeness (QED) is 0.228. The Labute approximate surface area is 282 Å². The highest BCUT2D eigenvalue weighted by molar-refractivity contribution is 5.99. The lowest BCUT2D eigenvalue weighted by molar-refractivity contribution is -0.167. The van der Waals surface area contributed by atoms with Gasteiger partial charge in [-0.25, -0.2) is 18.5 Å². The first-order chi connectivity index (χ1) is 23.8. The number of hydrogen-bond acceptors (Lipinski definition) is 9. The summed E-state index contributed by atoms with van der Waals surface area (Å²) in [5.74, 6) is -2.91. The van der Waals surface area contributed by atoms with Crippen LogP contribution in [-0.2, 0) is 45.5 Å². The number of alkyl halides is 3. The Morgan fingerprint density at radius 2 is 1.92 bits per heavy atom. The molecule has 2 aliphatic heterocycles. The van der Waals surface area contributed by atoms with E-state index in [9.17, 15) is 32.3 Å². The van der Waals surface area contributed by atoms with Gasteiger partial charge >= 0.3 is 17.8 Å². The minimum absolute atomic E-state index is 0.0115. The molecule has 1 saturated heterocycles. The van der Waals surface area contributed by atoms with Crippen LogP contribution < -0.4 is 21.5 Å². The van der Waals surface area contributed by atoms with Crippen LogP contribution in [-0.4, -0.2) is 77.7 Å². The van der Waals surface area contributed by atoms with Gasteiger partial charge in [0.1, 0.15) is 17.9 Å². The first kappa shape index (κ1) is 34.8. The predicted molar refractivity (Wildman–Crippen MR) is 172 cm³/mol. The normalized spacial score (nSPS) is 16.9. The molecule has 1 fully saturated rings. The summed E-state index contributed by atoms with van der Waals surface area (Å²) in [7, 11) is 2.67. The number of benzene rings is 2. The summed E-state index contributed by atoms with van der Waals surface area (Å²) in [6.07, 6.45) is -2.97. The Hall–Kier alpha value is -5.09. The van der Waals surface area contributed by atoms with Gasteiger partial charge in [-0.05, 0) is 42.3 Å². The highest BCUT2D eigenvalue weighted by atomic mass is 19.4. The fourth-order valence-corrected chi connectivity index (χ4v) is 6.53. The minimum Gasteiger partial charge on any atom is -0.467 e. The average Bonchev–Trinajstić information content (AvgIpc) is 3.10. The molecule has 50 heavy (non-hydrogen) atoms. The maximum Gasteiger partial charge on any atom is 0.411 e. The number of aromatic nitrogens is 3. The van der Waals surface area contributed by atoms with Crippen molar-refractivity contribution in [2.24, 2.45) is 7.05 Å². The number of nitrogens with zero attached hydrogens (tertiary/aromatic N) is 4. The van der Waals surface area contributed by atoms with Crippen molar-refractivity contribution in [2.45, 2.75) is 44.6 Å². The van der Waals surface area contributed by atoms with E-state index >= 15 is 4.39 Å². The van der Waals surface area contributed by atoms with E-state index in [4.69, 9.17) is 14.2 Å². The van der Waals surface area contributed by atoms with Crippen LogP contribution >= 0.6 is 0 Å². The van der Waals surface area contributed by atoms with E-state index in [-0.39, 0.29) is 48.6 Å². The molecule has 2 atom stereocenters. The fraction of sp³-hybridized carbons (Fsp3) is 0.382. The first-order valence-corrected chi connectivity index (χ1v) is 15.7. The van der Waals surface area contributed by atoms with Crippen molar-refractivity contribution in [3.05, 3.63) is 97.2 Å². The Morgan fingerprint density at radius 3 is 2.64 bits per heavy atom. The molecule has 0 radical (unpaired) electrons. The Kier molecular flexibility index (Phi) is 9.50. The summed E-state index contributed by atoms with van der Waals surface area (Å²) in [4.78, 5) is 58.9. The molecule has 0 bridgehead atoms. The van der Waals surface area contributed by atoms with Gasteiger partial charge in [-0.1, -0.05) is 12.1 Å². The molecule has 1 amide bonds. The van der Waals surface area contributed by atoms with Crippen LogP contribution in [0.25, 0.3) is 16.6 Å². The zero-order chi connectivity index (χ0) is 35.9. The van der Waals surface area contributed by atoms with Crippen LogP contribution in [0.5, 0.6) is 0 Å². The number of ether oxygens (including phenoxy) is 3. The van der Waals surface area contributed by atoms with Crippen molar-refractivity contribution >= 4 is 28.5 Å². The third kappa shape index (κ3) is 6.35. The number of halogens is 4. The molecule has 4 aromatic rings. The van der Waals surface area contributed by atoms with E-state index in [0.717, 1.165) is 22.6 Å². The van der Waals surface area contributed by atoms with Gasteiger partial charge < -0.3 is 24.4 Å². The van der Waals surface area contributed by atoms with Gasteiger partial charge in [0.05, 0.1) is 56.0 Å². The van der Waals surface area contributed by atoms with Gasteiger partial charge in [0, 0.05) is 49.3 Å². The highest BCUT2D eigenvalue weighted by Crippen LogP contribution is 2.33. The van der Waals surface area contributed by atoms with Gasteiger partial charge in [0.15, 0.2) is 0 Å². The summed E-state index contributed by atoms with van der Waals surface area (Å²) in [6.45, 7) is 1.11. The molecular weight excluding hydrogens is 666 g/mol. The summed E-state index contributed by atoms with van der Waals surface area (Å²) >= 11 is 0. The molecule has 12 nitrogen and oxygen atoms in total. The third-order valence-corrected chi connectivity index (χ3v) is 9.06. The van der Waals surface area contributed by atoms with Gasteiger partial charge in [0.2, 0.25) is 0 Å². The molecule has 2 aromatic heterocycles. The topological polar surface area (TPSA) is 134 Å². The minimum atomic E-state index is -4.63. The van der Waals surface area contributed by atoms with E-state index in [1.807, 2.05) is 0 Å². The molecule has 0 saturated carbocycles. The van der Waals surface area contributed by atoms with Gasteiger partial charge in [-0.15, -0.1) is 0 Å². The number of hydrogen-bond donors (Lipinski definition) is 1. The monoisotopic (exact) mass is 699 g/mol. The summed E-state index contributed by atoms with van der Waals surface area (Å²) < 4.78 is 74.3. The number of morpholine rings is 1. The van der Waals surface area contributed by atoms with Crippen LogP contribution in [0.1, 0.15) is 32.7 Å². The zero-order valence-corrected chi connectivity index (χ0v) is 27.3. The maximum absolute atomic E-state index is 15.5. The number of methoxy groups -OCH3 is 1. The van der Waals surface area contributed by atoms with Crippen molar-refractivity contribution in [1.29, 1.82) is 0 Å². The second-order valence-electron chi connectivity index (χ2n) is 12.1. The average molecular weight is 700 g/mol. The Bertz CT molecular complexity index is 2090. The van der Waals surface area contributed by atoms with Crippen molar-refractivity contribution in [3.8, 4) is 5.69 Å². The number of amides is 1. The SMILES string of the molecule is COC(=O)[C@H](Cc1ccc(-n2c(=O)c3c(n(C)c2=O)COCC3)c2ncccc12)NC(=O)c1c(C)cc(N2CCOC[C@@H]2C(F)(F)F)cc1F. The van der Waals surface area contributed by atoms with E-state index in [2.05, 4.69) is 10.3 Å². The molecule has 2 aromatic carbocycles.